The second-order valence-electron chi connectivity index (χ2n) is 13.6. The number of hydrogen-bond donors (Lipinski definition) is 0. The minimum Gasteiger partial charge on any atom is -0.310 e. The number of thioether (sulfide) groups is 1. The van der Waals surface area contributed by atoms with Crippen LogP contribution in [0.3, 0.4) is 0 Å². The van der Waals surface area contributed by atoms with Crippen LogP contribution in [0.4, 0.5) is 17.1 Å². The fourth-order valence-corrected chi connectivity index (χ4v) is 8.63. The third-order valence-corrected chi connectivity index (χ3v) is 11.3. The van der Waals surface area contributed by atoms with Crippen LogP contribution >= 0.6 is 11.8 Å². The highest BCUT2D eigenvalue weighted by Crippen LogP contribution is 2.48. The second kappa shape index (κ2) is 14.2. The first-order valence-corrected chi connectivity index (χ1v) is 19.5. The molecule has 0 N–H and O–H groups in total. The topological polar surface area (TPSA) is 41.9 Å². The van der Waals surface area contributed by atoms with Gasteiger partial charge in [0.15, 0.2) is 17.5 Å². The van der Waals surface area contributed by atoms with Crippen LogP contribution in [0.5, 0.6) is 0 Å². The van der Waals surface area contributed by atoms with E-state index in [2.05, 4.69) is 175 Å². The average Bonchev–Trinajstić information content (AvgIpc) is 3.27. The van der Waals surface area contributed by atoms with Gasteiger partial charge in [-0.3, -0.25) is 0 Å². The Balaban J connectivity index is 1.10. The molecule has 1 aromatic heterocycles. The maximum atomic E-state index is 5.20. The highest BCUT2D eigenvalue weighted by atomic mass is 32.2. The summed E-state index contributed by atoms with van der Waals surface area (Å²) in [7, 11) is 0. The number of para-hydroxylation sites is 1. The maximum Gasteiger partial charge on any atom is 0.164 e. The van der Waals surface area contributed by atoms with Gasteiger partial charge in [-0.2, -0.15) is 0 Å². The zero-order chi connectivity index (χ0) is 36.6. The largest absolute Gasteiger partial charge is 0.310 e. The zero-order valence-corrected chi connectivity index (χ0v) is 30.7. The molecular weight excluding hydrogens is 689 g/mol. The molecule has 2 heterocycles. The standard InChI is InChI=1S/C50H34N4S/c1-4-14-34(15-5-1)35-26-28-38(29-27-35)49-51-48(37-17-6-2-7-18-37)52-50(53-49)44-23-13-25-46-47(44)43-31-30-41(32-39(43)33-55-46)54(40-20-8-3-9-21-40)45-24-12-19-36-16-10-11-22-42(36)45/h1-32H,33H2. The van der Waals surface area contributed by atoms with Gasteiger partial charge < -0.3 is 4.90 Å². The van der Waals surface area contributed by atoms with E-state index in [0.29, 0.717) is 17.5 Å². The van der Waals surface area contributed by atoms with Gasteiger partial charge in [0.1, 0.15) is 0 Å². The van der Waals surface area contributed by atoms with Gasteiger partial charge in [-0.1, -0.05) is 158 Å². The average molecular weight is 723 g/mol. The quantitative estimate of drug-likeness (QED) is 0.164. The molecule has 260 valence electrons. The summed E-state index contributed by atoms with van der Waals surface area (Å²) in [5.74, 6) is 2.82. The molecule has 0 saturated carbocycles. The van der Waals surface area contributed by atoms with Crippen LogP contribution in [0.25, 0.3) is 67.2 Å². The third kappa shape index (κ3) is 6.25. The van der Waals surface area contributed by atoms with E-state index in [0.717, 1.165) is 50.6 Å². The molecule has 0 unspecified atom stereocenters. The Labute approximate surface area is 324 Å². The van der Waals surface area contributed by atoms with Crippen molar-refractivity contribution < 1.29 is 0 Å². The molecule has 0 atom stereocenters. The minimum absolute atomic E-state index is 0.647. The normalized spacial score (nSPS) is 11.9. The van der Waals surface area contributed by atoms with Crippen molar-refractivity contribution in [2.75, 3.05) is 4.90 Å². The predicted molar refractivity (Wildman–Crippen MR) is 229 cm³/mol. The van der Waals surface area contributed by atoms with Crippen molar-refractivity contribution in [1.29, 1.82) is 0 Å². The lowest BCUT2D eigenvalue weighted by Crippen LogP contribution is -2.11. The van der Waals surface area contributed by atoms with Gasteiger partial charge in [-0.15, -0.1) is 11.8 Å². The van der Waals surface area contributed by atoms with Gasteiger partial charge in [-0.25, -0.2) is 15.0 Å². The summed E-state index contributed by atoms with van der Waals surface area (Å²) in [5.41, 5.74) is 12.2. The van der Waals surface area contributed by atoms with E-state index >= 15 is 0 Å². The van der Waals surface area contributed by atoms with Crippen molar-refractivity contribution in [3.05, 3.63) is 200 Å². The number of benzene rings is 8. The lowest BCUT2D eigenvalue weighted by molar-refractivity contribution is 1.07. The summed E-state index contributed by atoms with van der Waals surface area (Å²) in [5, 5.41) is 2.43. The Morgan fingerprint density at radius 3 is 1.76 bits per heavy atom. The Bertz CT molecular complexity index is 2800. The fraction of sp³-hybridized carbons (Fsp3) is 0.0200. The number of nitrogens with zero attached hydrogens (tertiary/aromatic N) is 4. The van der Waals surface area contributed by atoms with Crippen LogP contribution in [-0.4, -0.2) is 15.0 Å². The van der Waals surface area contributed by atoms with E-state index < -0.39 is 0 Å². The van der Waals surface area contributed by atoms with Gasteiger partial charge in [0.2, 0.25) is 0 Å². The minimum atomic E-state index is 0.647. The molecule has 8 aromatic carbocycles. The molecular formula is C50H34N4S. The SMILES string of the molecule is c1ccc(-c2ccc(-c3nc(-c4ccccc4)nc(-c4cccc5c4-c4ccc(N(c6ccccc6)c6cccc7ccccc67)cc4CS5)n3)cc2)cc1. The van der Waals surface area contributed by atoms with Crippen molar-refractivity contribution in [2.24, 2.45) is 0 Å². The maximum absolute atomic E-state index is 5.20. The van der Waals surface area contributed by atoms with Gasteiger partial charge in [0.25, 0.3) is 0 Å². The van der Waals surface area contributed by atoms with Crippen LogP contribution < -0.4 is 4.90 Å². The summed E-state index contributed by atoms with van der Waals surface area (Å²) in [6.07, 6.45) is 0. The summed E-state index contributed by atoms with van der Waals surface area (Å²) >= 11 is 1.87. The van der Waals surface area contributed by atoms with E-state index in [4.69, 9.17) is 15.0 Å². The number of fused-ring (bicyclic) bond motifs is 4. The Morgan fingerprint density at radius 1 is 0.418 bits per heavy atom. The smallest absolute Gasteiger partial charge is 0.164 e. The Kier molecular flexibility index (Phi) is 8.47. The molecule has 5 heteroatoms. The molecule has 10 rings (SSSR count). The zero-order valence-electron chi connectivity index (χ0n) is 29.9. The second-order valence-corrected chi connectivity index (χ2v) is 14.6. The first-order valence-electron chi connectivity index (χ1n) is 18.5. The fourth-order valence-electron chi connectivity index (χ4n) is 7.55. The monoisotopic (exact) mass is 722 g/mol. The predicted octanol–water partition coefficient (Wildman–Crippen LogP) is 13.4. The van der Waals surface area contributed by atoms with E-state index in [1.54, 1.807) is 0 Å². The van der Waals surface area contributed by atoms with Crippen LogP contribution in [-0.2, 0) is 5.75 Å². The highest BCUT2D eigenvalue weighted by Gasteiger charge is 2.25. The van der Waals surface area contributed by atoms with Crippen molar-refractivity contribution in [2.45, 2.75) is 10.6 Å². The molecule has 0 spiro atoms. The van der Waals surface area contributed by atoms with E-state index in [-0.39, 0.29) is 0 Å². The number of anilines is 3. The number of hydrogen-bond acceptors (Lipinski definition) is 5. The van der Waals surface area contributed by atoms with E-state index in [1.807, 2.05) is 36.0 Å². The molecule has 0 amide bonds. The Hall–Kier alpha value is -6.82. The summed E-state index contributed by atoms with van der Waals surface area (Å²) in [6, 6.07) is 68.3. The summed E-state index contributed by atoms with van der Waals surface area (Å²) < 4.78 is 0. The van der Waals surface area contributed by atoms with Gasteiger partial charge in [0, 0.05) is 49.7 Å². The van der Waals surface area contributed by atoms with Gasteiger partial charge >= 0.3 is 0 Å². The van der Waals surface area contributed by atoms with E-state index in [9.17, 15) is 0 Å². The van der Waals surface area contributed by atoms with E-state index in [1.165, 1.54) is 32.4 Å². The molecule has 1 aliphatic heterocycles. The molecule has 0 radical (unpaired) electrons. The molecule has 4 nitrogen and oxygen atoms in total. The molecule has 0 saturated heterocycles. The third-order valence-electron chi connectivity index (χ3n) is 10.2. The molecule has 0 fully saturated rings. The molecule has 1 aliphatic rings. The van der Waals surface area contributed by atoms with Gasteiger partial charge in [0.05, 0.1) is 5.69 Å². The first kappa shape index (κ1) is 32.8. The van der Waals surface area contributed by atoms with Crippen LogP contribution in [0.2, 0.25) is 0 Å². The Morgan fingerprint density at radius 2 is 1.00 bits per heavy atom. The summed E-state index contributed by atoms with van der Waals surface area (Å²) in [6.45, 7) is 0. The van der Waals surface area contributed by atoms with Crippen LogP contribution in [0.15, 0.2) is 199 Å². The lowest BCUT2D eigenvalue weighted by Gasteiger charge is -2.29. The first-order chi connectivity index (χ1) is 27.3. The highest BCUT2D eigenvalue weighted by molar-refractivity contribution is 7.98. The van der Waals surface area contributed by atoms with Crippen molar-refractivity contribution in [1.82, 2.24) is 15.0 Å². The van der Waals surface area contributed by atoms with Crippen LogP contribution in [0, 0.1) is 0 Å². The molecule has 0 aliphatic carbocycles. The summed E-state index contributed by atoms with van der Waals surface area (Å²) in [4.78, 5) is 19.0. The number of aromatic nitrogens is 3. The molecule has 9 aromatic rings. The van der Waals surface area contributed by atoms with Gasteiger partial charge in [-0.05, 0) is 64.0 Å². The van der Waals surface area contributed by atoms with Crippen LogP contribution in [0.1, 0.15) is 5.56 Å². The van der Waals surface area contributed by atoms with Crippen molar-refractivity contribution >= 4 is 39.6 Å². The van der Waals surface area contributed by atoms with Crippen molar-refractivity contribution in [3.8, 4) is 56.4 Å². The lowest BCUT2D eigenvalue weighted by atomic mass is 9.94. The number of rotatable bonds is 7. The van der Waals surface area contributed by atoms with Crippen molar-refractivity contribution in [3.63, 3.8) is 0 Å². The molecule has 55 heavy (non-hydrogen) atoms. The molecule has 0 bridgehead atoms.